The van der Waals surface area contributed by atoms with Crippen LogP contribution in [0.3, 0.4) is 0 Å². The number of nitrogens with zero attached hydrogens (tertiary/aromatic N) is 4. The lowest BCUT2D eigenvalue weighted by Crippen LogP contribution is -2.49. The van der Waals surface area contributed by atoms with Gasteiger partial charge in [-0.15, -0.1) is 0 Å². The summed E-state index contributed by atoms with van der Waals surface area (Å²) in [6.45, 7) is 4.60. The highest BCUT2D eigenvalue weighted by Gasteiger charge is 2.32. The average molecular weight is 437 g/mol. The molecular formula is C26H22BClN4. The molecule has 0 aromatic heterocycles. The fourth-order valence-corrected chi connectivity index (χ4v) is 4.48. The SMILES string of the molecule is [B]c1ccc(N2CCN(C(C)c3ccc(C#N)cc3)C[C@H]2c2ccc(Cl)cc2)c(C#N)c1. The van der Waals surface area contributed by atoms with Crippen molar-refractivity contribution in [2.24, 2.45) is 0 Å². The zero-order valence-corrected chi connectivity index (χ0v) is 18.6. The summed E-state index contributed by atoms with van der Waals surface area (Å²) in [5.41, 5.74) is 5.05. The summed E-state index contributed by atoms with van der Waals surface area (Å²) < 4.78 is 0. The predicted octanol–water partition coefficient (Wildman–Crippen LogP) is 4.50. The summed E-state index contributed by atoms with van der Waals surface area (Å²) in [6, 6.07) is 26.0. The Morgan fingerprint density at radius 2 is 1.69 bits per heavy atom. The van der Waals surface area contributed by atoms with E-state index < -0.39 is 0 Å². The highest BCUT2D eigenvalue weighted by Crippen LogP contribution is 2.35. The number of hydrogen-bond acceptors (Lipinski definition) is 4. The molecule has 0 aliphatic carbocycles. The van der Waals surface area contributed by atoms with Gasteiger partial charge in [-0.25, -0.2) is 0 Å². The summed E-state index contributed by atoms with van der Waals surface area (Å²) in [4.78, 5) is 4.74. The number of rotatable bonds is 4. The largest absolute Gasteiger partial charge is 0.361 e. The van der Waals surface area contributed by atoms with Crippen molar-refractivity contribution >= 4 is 30.6 Å². The van der Waals surface area contributed by atoms with Crippen LogP contribution in [-0.4, -0.2) is 32.4 Å². The standard InChI is InChI=1S/C26H22BClN4/c1-18(20-4-2-19(15-29)3-5-20)31-12-13-32(25-11-8-23(27)14-22(25)16-30)26(17-31)21-6-9-24(28)10-7-21/h2-11,14,18,26H,12-13,17H2,1H3/t18?,26-/m0/s1. The van der Waals surface area contributed by atoms with Gasteiger partial charge in [0.05, 0.1) is 28.9 Å². The highest BCUT2D eigenvalue weighted by molar-refractivity contribution is 6.32. The lowest BCUT2D eigenvalue weighted by atomic mass is 9.92. The van der Waals surface area contributed by atoms with Crippen LogP contribution in [-0.2, 0) is 0 Å². The Bertz CT molecular complexity index is 1180. The topological polar surface area (TPSA) is 54.1 Å². The van der Waals surface area contributed by atoms with Crippen molar-refractivity contribution in [3.63, 3.8) is 0 Å². The van der Waals surface area contributed by atoms with Gasteiger partial charge in [0.2, 0.25) is 0 Å². The Morgan fingerprint density at radius 3 is 2.34 bits per heavy atom. The molecule has 4 rings (SSSR count). The molecule has 0 saturated carbocycles. The molecule has 1 aliphatic heterocycles. The first-order chi connectivity index (χ1) is 15.5. The summed E-state index contributed by atoms with van der Waals surface area (Å²) >= 11 is 6.15. The predicted molar refractivity (Wildman–Crippen MR) is 129 cm³/mol. The van der Waals surface area contributed by atoms with Crippen molar-refractivity contribution < 1.29 is 0 Å². The minimum Gasteiger partial charge on any atom is -0.361 e. The lowest BCUT2D eigenvalue weighted by Gasteiger charge is -2.45. The zero-order valence-electron chi connectivity index (χ0n) is 17.9. The maximum atomic E-state index is 9.72. The summed E-state index contributed by atoms with van der Waals surface area (Å²) in [7, 11) is 5.93. The summed E-state index contributed by atoms with van der Waals surface area (Å²) in [5, 5.41) is 19.5. The molecule has 1 fully saturated rings. The smallest absolute Gasteiger partial charge is 0.113 e. The highest BCUT2D eigenvalue weighted by atomic mass is 35.5. The molecule has 3 aromatic rings. The van der Waals surface area contributed by atoms with Crippen LogP contribution in [0, 0.1) is 22.7 Å². The number of piperazine rings is 1. The second-order valence-corrected chi connectivity index (χ2v) is 8.49. The van der Waals surface area contributed by atoms with Gasteiger partial charge in [-0.1, -0.05) is 47.4 Å². The molecule has 0 spiro atoms. The van der Waals surface area contributed by atoms with Gasteiger partial charge in [0.1, 0.15) is 13.9 Å². The van der Waals surface area contributed by atoms with Crippen LogP contribution in [0.5, 0.6) is 0 Å². The Hall–Kier alpha value is -3.25. The van der Waals surface area contributed by atoms with E-state index in [1.165, 1.54) is 5.56 Å². The third-order valence-electron chi connectivity index (χ3n) is 6.19. The molecule has 2 radical (unpaired) electrons. The average Bonchev–Trinajstić information content (AvgIpc) is 2.84. The molecule has 1 heterocycles. The normalized spacial score (nSPS) is 17.4. The van der Waals surface area contributed by atoms with E-state index in [2.05, 4.69) is 41.0 Å². The van der Waals surface area contributed by atoms with Crippen molar-refractivity contribution in [1.29, 1.82) is 10.5 Å². The van der Waals surface area contributed by atoms with E-state index in [0.717, 1.165) is 30.9 Å². The molecule has 1 unspecified atom stereocenters. The Morgan fingerprint density at radius 1 is 0.969 bits per heavy atom. The second kappa shape index (κ2) is 9.49. The van der Waals surface area contributed by atoms with Gasteiger partial charge in [-0.3, -0.25) is 4.90 Å². The van der Waals surface area contributed by atoms with E-state index in [4.69, 9.17) is 24.7 Å². The first-order valence-corrected chi connectivity index (χ1v) is 10.9. The van der Waals surface area contributed by atoms with E-state index in [1.54, 1.807) is 6.07 Å². The van der Waals surface area contributed by atoms with Crippen molar-refractivity contribution in [2.45, 2.75) is 19.0 Å². The van der Waals surface area contributed by atoms with Crippen molar-refractivity contribution in [2.75, 3.05) is 24.5 Å². The third kappa shape index (κ3) is 4.51. The van der Waals surface area contributed by atoms with Gasteiger partial charge in [0.25, 0.3) is 0 Å². The molecular weight excluding hydrogens is 415 g/mol. The van der Waals surface area contributed by atoms with Crippen molar-refractivity contribution in [3.05, 3.63) is 94.0 Å². The van der Waals surface area contributed by atoms with E-state index in [9.17, 15) is 5.26 Å². The molecule has 4 nitrogen and oxygen atoms in total. The van der Waals surface area contributed by atoms with Gasteiger partial charge < -0.3 is 4.90 Å². The van der Waals surface area contributed by atoms with Gasteiger partial charge in [0.15, 0.2) is 0 Å². The Balaban J connectivity index is 1.67. The van der Waals surface area contributed by atoms with Crippen LogP contribution in [0.2, 0.25) is 5.02 Å². The number of anilines is 1. The van der Waals surface area contributed by atoms with Crippen molar-refractivity contribution in [1.82, 2.24) is 4.90 Å². The Labute approximate surface area is 195 Å². The molecule has 3 aromatic carbocycles. The van der Waals surface area contributed by atoms with Crippen LogP contribution in [0.4, 0.5) is 5.69 Å². The quantitative estimate of drug-likeness (QED) is 0.565. The molecule has 2 atom stereocenters. The van der Waals surface area contributed by atoms with Crippen LogP contribution in [0.1, 0.15) is 41.3 Å². The van der Waals surface area contributed by atoms with Gasteiger partial charge in [-0.2, -0.15) is 10.5 Å². The fourth-order valence-electron chi connectivity index (χ4n) is 4.36. The molecule has 156 valence electrons. The Kier molecular flexibility index (Phi) is 6.51. The molecule has 6 heteroatoms. The third-order valence-corrected chi connectivity index (χ3v) is 6.44. The number of hydrogen-bond donors (Lipinski definition) is 0. The van der Waals surface area contributed by atoms with Crippen LogP contribution < -0.4 is 10.4 Å². The first-order valence-electron chi connectivity index (χ1n) is 10.6. The summed E-state index contributed by atoms with van der Waals surface area (Å²) in [5.74, 6) is 0. The van der Waals surface area contributed by atoms with E-state index >= 15 is 0 Å². The maximum absolute atomic E-state index is 9.72. The van der Waals surface area contributed by atoms with Gasteiger partial charge in [-0.05, 0) is 54.4 Å². The second-order valence-electron chi connectivity index (χ2n) is 8.05. The van der Waals surface area contributed by atoms with E-state index in [1.807, 2.05) is 48.5 Å². The summed E-state index contributed by atoms with van der Waals surface area (Å²) in [6.07, 6.45) is 0. The monoisotopic (exact) mass is 436 g/mol. The molecule has 1 aliphatic rings. The van der Waals surface area contributed by atoms with Gasteiger partial charge in [0, 0.05) is 30.7 Å². The fraction of sp³-hybridized carbons (Fsp3) is 0.231. The maximum Gasteiger partial charge on any atom is 0.113 e. The van der Waals surface area contributed by atoms with Crippen LogP contribution in [0.15, 0.2) is 66.7 Å². The molecule has 1 saturated heterocycles. The van der Waals surface area contributed by atoms with Crippen LogP contribution >= 0.6 is 11.6 Å². The minimum absolute atomic E-state index is 0.0533. The van der Waals surface area contributed by atoms with Crippen LogP contribution in [0.25, 0.3) is 0 Å². The molecule has 32 heavy (non-hydrogen) atoms. The number of nitriles is 2. The van der Waals surface area contributed by atoms with E-state index in [-0.39, 0.29) is 12.1 Å². The number of halogens is 1. The zero-order chi connectivity index (χ0) is 22.7. The van der Waals surface area contributed by atoms with E-state index in [0.29, 0.717) is 21.6 Å². The molecule has 0 N–H and O–H groups in total. The van der Waals surface area contributed by atoms with Crippen molar-refractivity contribution in [3.8, 4) is 12.1 Å². The minimum atomic E-state index is 0.0533. The lowest BCUT2D eigenvalue weighted by molar-refractivity contribution is 0.171. The molecule has 0 bridgehead atoms. The molecule has 0 amide bonds. The first kappa shape index (κ1) is 22.0. The van der Waals surface area contributed by atoms with Gasteiger partial charge >= 0.3 is 0 Å². The number of benzene rings is 3.